The van der Waals surface area contributed by atoms with Crippen LogP contribution in [0, 0.1) is 0 Å². The lowest BCUT2D eigenvalue weighted by Crippen LogP contribution is -2.21. The van der Waals surface area contributed by atoms with Crippen molar-refractivity contribution in [1.82, 2.24) is 15.3 Å². The molecule has 0 spiro atoms. The minimum absolute atomic E-state index is 0.00579. The fourth-order valence-electron chi connectivity index (χ4n) is 1.47. The van der Waals surface area contributed by atoms with Gasteiger partial charge in [-0.05, 0) is 12.1 Å². The fraction of sp³-hybridized carbons (Fsp3) is 0.250. The molecule has 2 rings (SSSR count). The van der Waals surface area contributed by atoms with Crippen molar-refractivity contribution < 1.29 is 4.79 Å². The van der Waals surface area contributed by atoms with E-state index in [0.717, 1.165) is 11.0 Å². The van der Waals surface area contributed by atoms with Crippen molar-refractivity contribution in [3.8, 4) is 0 Å². The zero-order valence-electron chi connectivity index (χ0n) is 9.60. The van der Waals surface area contributed by atoms with Crippen molar-refractivity contribution in [2.24, 2.45) is 0 Å². The van der Waals surface area contributed by atoms with E-state index in [2.05, 4.69) is 20.6 Å². The van der Waals surface area contributed by atoms with Crippen molar-refractivity contribution in [2.75, 3.05) is 18.9 Å². The van der Waals surface area contributed by atoms with Gasteiger partial charge in [-0.1, -0.05) is 12.1 Å². The standard InChI is InChI=1S/C12H14N4O/c1-13-12(17)6-7-14-11-8-15-9-4-2-3-5-10(9)16-11/h2-5,8H,6-7H2,1H3,(H,13,17)(H,14,16). The molecule has 17 heavy (non-hydrogen) atoms. The fourth-order valence-corrected chi connectivity index (χ4v) is 1.47. The lowest BCUT2D eigenvalue weighted by molar-refractivity contribution is -0.120. The van der Waals surface area contributed by atoms with Crippen LogP contribution in [0.5, 0.6) is 0 Å². The predicted molar refractivity (Wildman–Crippen MR) is 66.7 cm³/mol. The summed E-state index contributed by atoms with van der Waals surface area (Å²) in [5.41, 5.74) is 1.71. The number of nitrogens with one attached hydrogen (secondary N) is 2. The van der Waals surface area contributed by atoms with E-state index in [9.17, 15) is 4.79 Å². The number of nitrogens with zero attached hydrogens (tertiary/aromatic N) is 2. The monoisotopic (exact) mass is 230 g/mol. The van der Waals surface area contributed by atoms with Gasteiger partial charge in [0.05, 0.1) is 17.2 Å². The maximum absolute atomic E-state index is 11.0. The molecule has 0 radical (unpaired) electrons. The maximum Gasteiger partial charge on any atom is 0.221 e. The van der Waals surface area contributed by atoms with Gasteiger partial charge in [0.1, 0.15) is 5.82 Å². The summed E-state index contributed by atoms with van der Waals surface area (Å²) >= 11 is 0. The Hall–Kier alpha value is -2.17. The summed E-state index contributed by atoms with van der Waals surface area (Å²) < 4.78 is 0. The third-order valence-electron chi connectivity index (χ3n) is 2.39. The van der Waals surface area contributed by atoms with Gasteiger partial charge < -0.3 is 10.6 Å². The van der Waals surface area contributed by atoms with Gasteiger partial charge >= 0.3 is 0 Å². The van der Waals surface area contributed by atoms with Crippen molar-refractivity contribution in [2.45, 2.75) is 6.42 Å². The number of hydrogen-bond donors (Lipinski definition) is 2. The molecule has 1 heterocycles. The first kappa shape index (κ1) is 11.3. The van der Waals surface area contributed by atoms with Gasteiger partial charge in [0.2, 0.25) is 5.91 Å². The lowest BCUT2D eigenvalue weighted by Gasteiger charge is -2.05. The van der Waals surface area contributed by atoms with Gasteiger partial charge in [0.15, 0.2) is 0 Å². The predicted octanol–water partition coefficient (Wildman–Crippen LogP) is 1.18. The highest BCUT2D eigenvalue weighted by Crippen LogP contribution is 2.10. The number of aromatic nitrogens is 2. The van der Waals surface area contributed by atoms with E-state index in [0.29, 0.717) is 18.8 Å². The molecule has 0 atom stereocenters. The Morgan fingerprint density at radius 3 is 2.82 bits per heavy atom. The number of fused-ring (bicyclic) bond motifs is 1. The summed E-state index contributed by atoms with van der Waals surface area (Å²) in [5.74, 6) is 0.693. The van der Waals surface area contributed by atoms with Crippen molar-refractivity contribution in [1.29, 1.82) is 0 Å². The number of para-hydroxylation sites is 2. The van der Waals surface area contributed by atoms with Crippen molar-refractivity contribution in [3.05, 3.63) is 30.5 Å². The second-order valence-corrected chi connectivity index (χ2v) is 3.59. The van der Waals surface area contributed by atoms with Crippen LogP contribution in [0.1, 0.15) is 6.42 Å². The Bertz CT molecular complexity index is 527. The highest BCUT2D eigenvalue weighted by Gasteiger charge is 2.00. The van der Waals surface area contributed by atoms with Crippen molar-refractivity contribution in [3.63, 3.8) is 0 Å². The molecule has 0 saturated heterocycles. The van der Waals surface area contributed by atoms with Crippen LogP contribution in [0.15, 0.2) is 30.5 Å². The quantitative estimate of drug-likeness (QED) is 0.827. The molecule has 88 valence electrons. The Morgan fingerprint density at radius 2 is 2.06 bits per heavy atom. The summed E-state index contributed by atoms with van der Waals surface area (Å²) in [6.45, 7) is 0.548. The molecule has 5 heteroatoms. The number of benzene rings is 1. The van der Waals surface area contributed by atoms with Gasteiger partial charge in [-0.2, -0.15) is 0 Å². The molecule has 0 fully saturated rings. The van der Waals surface area contributed by atoms with Gasteiger partial charge in [-0.3, -0.25) is 9.78 Å². The summed E-state index contributed by atoms with van der Waals surface area (Å²) in [4.78, 5) is 19.7. The van der Waals surface area contributed by atoms with Crippen LogP contribution >= 0.6 is 0 Å². The minimum atomic E-state index is 0.00579. The average Bonchev–Trinajstić information content (AvgIpc) is 2.38. The maximum atomic E-state index is 11.0. The second kappa shape index (κ2) is 5.25. The van der Waals surface area contributed by atoms with Gasteiger partial charge in [0.25, 0.3) is 0 Å². The van der Waals surface area contributed by atoms with Crippen LogP contribution in [-0.2, 0) is 4.79 Å². The molecule has 0 unspecified atom stereocenters. The average molecular weight is 230 g/mol. The minimum Gasteiger partial charge on any atom is -0.368 e. The molecule has 0 aliphatic carbocycles. The third kappa shape index (κ3) is 2.90. The number of amides is 1. The van der Waals surface area contributed by atoms with Gasteiger partial charge in [-0.25, -0.2) is 4.98 Å². The Kier molecular flexibility index (Phi) is 3.49. The van der Waals surface area contributed by atoms with Gasteiger partial charge in [0, 0.05) is 20.0 Å². The van der Waals surface area contributed by atoms with E-state index in [1.54, 1.807) is 13.2 Å². The molecule has 5 nitrogen and oxygen atoms in total. The smallest absolute Gasteiger partial charge is 0.221 e. The van der Waals surface area contributed by atoms with E-state index >= 15 is 0 Å². The Balaban J connectivity index is 2.02. The first-order valence-corrected chi connectivity index (χ1v) is 5.46. The number of rotatable bonds is 4. The normalized spacial score (nSPS) is 10.2. The Morgan fingerprint density at radius 1 is 1.29 bits per heavy atom. The van der Waals surface area contributed by atoms with E-state index in [-0.39, 0.29) is 5.91 Å². The highest BCUT2D eigenvalue weighted by molar-refractivity contribution is 5.76. The highest BCUT2D eigenvalue weighted by atomic mass is 16.1. The molecule has 2 aromatic rings. The topological polar surface area (TPSA) is 66.9 Å². The van der Waals surface area contributed by atoms with Crippen LogP contribution in [0.2, 0.25) is 0 Å². The molecule has 2 N–H and O–H groups in total. The molecule has 0 bridgehead atoms. The zero-order valence-corrected chi connectivity index (χ0v) is 9.60. The number of carbonyl (C=O) groups is 1. The lowest BCUT2D eigenvalue weighted by atomic mass is 10.3. The first-order chi connectivity index (χ1) is 8.29. The summed E-state index contributed by atoms with van der Waals surface area (Å²) in [5, 5.41) is 5.63. The van der Waals surface area contributed by atoms with Crippen LogP contribution in [-0.4, -0.2) is 29.5 Å². The van der Waals surface area contributed by atoms with E-state index in [1.807, 2.05) is 24.3 Å². The summed E-state index contributed by atoms with van der Waals surface area (Å²) in [6.07, 6.45) is 2.09. The largest absolute Gasteiger partial charge is 0.368 e. The van der Waals surface area contributed by atoms with Gasteiger partial charge in [-0.15, -0.1) is 0 Å². The molecular formula is C12H14N4O. The first-order valence-electron chi connectivity index (χ1n) is 5.46. The molecule has 1 amide bonds. The molecular weight excluding hydrogens is 216 g/mol. The van der Waals surface area contributed by atoms with Crippen LogP contribution in [0.4, 0.5) is 5.82 Å². The summed E-state index contributed by atoms with van der Waals surface area (Å²) in [7, 11) is 1.62. The summed E-state index contributed by atoms with van der Waals surface area (Å²) in [6, 6.07) is 7.67. The number of carbonyl (C=O) groups excluding carboxylic acids is 1. The molecule has 0 saturated carbocycles. The van der Waals surface area contributed by atoms with E-state index in [1.165, 1.54) is 0 Å². The number of anilines is 1. The number of hydrogen-bond acceptors (Lipinski definition) is 4. The molecule has 1 aromatic heterocycles. The third-order valence-corrected chi connectivity index (χ3v) is 2.39. The van der Waals surface area contributed by atoms with Crippen LogP contribution < -0.4 is 10.6 Å². The Labute approximate surface area is 99.3 Å². The molecule has 0 aliphatic rings. The van der Waals surface area contributed by atoms with E-state index < -0.39 is 0 Å². The van der Waals surface area contributed by atoms with Crippen molar-refractivity contribution >= 4 is 22.8 Å². The van der Waals surface area contributed by atoms with E-state index in [4.69, 9.17) is 0 Å². The molecule has 0 aliphatic heterocycles. The second-order valence-electron chi connectivity index (χ2n) is 3.59. The molecule has 1 aromatic carbocycles. The van der Waals surface area contributed by atoms with Crippen LogP contribution in [0.25, 0.3) is 11.0 Å². The van der Waals surface area contributed by atoms with Crippen LogP contribution in [0.3, 0.4) is 0 Å². The zero-order chi connectivity index (χ0) is 12.1. The SMILES string of the molecule is CNC(=O)CCNc1cnc2ccccc2n1.